The number of anilines is 1. The first-order valence-corrected chi connectivity index (χ1v) is 10.0. The summed E-state index contributed by atoms with van der Waals surface area (Å²) in [5.74, 6) is -1.55. The van der Waals surface area contributed by atoms with E-state index in [1.807, 2.05) is 0 Å². The fraction of sp³-hybridized carbons (Fsp3) is 0.286. The Bertz CT molecular complexity index is 931. The molecule has 1 aliphatic carbocycles. The van der Waals surface area contributed by atoms with E-state index in [2.05, 4.69) is 5.32 Å². The highest BCUT2D eigenvalue weighted by molar-refractivity contribution is 7.16. The van der Waals surface area contributed by atoms with Crippen molar-refractivity contribution in [1.29, 1.82) is 0 Å². The zero-order valence-electron chi connectivity index (χ0n) is 15.6. The van der Waals surface area contributed by atoms with Crippen LogP contribution in [0.4, 0.5) is 5.00 Å². The van der Waals surface area contributed by atoms with Crippen molar-refractivity contribution >= 4 is 34.0 Å². The first-order valence-electron chi connectivity index (χ1n) is 9.20. The van der Waals surface area contributed by atoms with E-state index in [4.69, 9.17) is 10.5 Å². The van der Waals surface area contributed by atoms with E-state index in [0.717, 1.165) is 36.1 Å². The van der Waals surface area contributed by atoms with Gasteiger partial charge in [-0.1, -0.05) is 30.3 Å². The Labute approximate surface area is 167 Å². The van der Waals surface area contributed by atoms with Crippen molar-refractivity contribution in [1.82, 2.24) is 0 Å². The summed E-state index contributed by atoms with van der Waals surface area (Å²) in [5, 5.41) is 3.42. The summed E-state index contributed by atoms with van der Waals surface area (Å²) in [5.41, 5.74) is 7.28. The predicted molar refractivity (Wildman–Crippen MR) is 109 cm³/mol. The third kappa shape index (κ3) is 4.31. The molecule has 3 rings (SSSR count). The van der Waals surface area contributed by atoms with Crippen LogP contribution in [0, 0.1) is 0 Å². The number of thiophene rings is 1. The van der Waals surface area contributed by atoms with Crippen LogP contribution in [0.3, 0.4) is 0 Å². The number of carbonyl (C=O) groups excluding carboxylic acids is 3. The van der Waals surface area contributed by atoms with Gasteiger partial charge in [-0.3, -0.25) is 9.59 Å². The summed E-state index contributed by atoms with van der Waals surface area (Å²) in [6.45, 7) is 2.00. The van der Waals surface area contributed by atoms with E-state index < -0.39 is 11.9 Å². The SMILES string of the molecule is CCOC(=O)c1c(N/C(=C\C(=O)c2ccccc2)C(N)=O)sc2c1CCCC2. The molecule has 1 aliphatic rings. The van der Waals surface area contributed by atoms with Crippen LogP contribution < -0.4 is 11.1 Å². The zero-order chi connectivity index (χ0) is 20.1. The number of nitrogens with two attached hydrogens (primary N) is 1. The zero-order valence-corrected chi connectivity index (χ0v) is 16.4. The third-order valence-corrected chi connectivity index (χ3v) is 5.71. The van der Waals surface area contributed by atoms with Crippen LogP contribution in [0.2, 0.25) is 0 Å². The second-order valence-corrected chi connectivity index (χ2v) is 7.52. The Morgan fingerprint density at radius 3 is 2.57 bits per heavy atom. The molecule has 0 bridgehead atoms. The van der Waals surface area contributed by atoms with Crippen LogP contribution in [-0.2, 0) is 22.4 Å². The molecule has 0 radical (unpaired) electrons. The quantitative estimate of drug-likeness (QED) is 0.423. The van der Waals surface area contributed by atoms with Gasteiger partial charge < -0.3 is 15.8 Å². The number of fused-ring (bicyclic) bond motifs is 1. The molecule has 28 heavy (non-hydrogen) atoms. The van der Waals surface area contributed by atoms with Crippen LogP contribution in [0.1, 0.15) is 50.9 Å². The van der Waals surface area contributed by atoms with Crippen molar-refractivity contribution in [3.63, 3.8) is 0 Å². The lowest BCUT2D eigenvalue weighted by Gasteiger charge is -2.12. The van der Waals surface area contributed by atoms with Crippen molar-refractivity contribution in [3.05, 3.63) is 63.7 Å². The van der Waals surface area contributed by atoms with E-state index in [1.54, 1.807) is 37.3 Å². The fourth-order valence-electron chi connectivity index (χ4n) is 3.18. The highest BCUT2D eigenvalue weighted by atomic mass is 32.1. The number of nitrogens with one attached hydrogen (secondary N) is 1. The summed E-state index contributed by atoms with van der Waals surface area (Å²) in [6.07, 6.45) is 4.90. The number of hydrogen-bond acceptors (Lipinski definition) is 6. The Hall–Kier alpha value is -2.93. The summed E-state index contributed by atoms with van der Waals surface area (Å²) >= 11 is 1.41. The van der Waals surface area contributed by atoms with Gasteiger partial charge in [0.25, 0.3) is 5.91 Å². The van der Waals surface area contributed by atoms with Gasteiger partial charge in [0.1, 0.15) is 10.7 Å². The number of amides is 1. The number of ether oxygens (including phenoxy) is 1. The van der Waals surface area contributed by atoms with Gasteiger partial charge in [-0.05, 0) is 38.2 Å². The van der Waals surface area contributed by atoms with Crippen LogP contribution in [0.25, 0.3) is 0 Å². The summed E-state index contributed by atoms with van der Waals surface area (Å²) < 4.78 is 5.21. The van der Waals surface area contributed by atoms with Crippen LogP contribution >= 0.6 is 11.3 Å². The lowest BCUT2D eigenvalue weighted by molar-refractivity contribution is -0.114. The van der Waals surface area contributed by atoms with E-state index in [-0.39, 0.29) is 18.1 Å². The molecular weight excluding hydrogens is 376 g/mol. The molecule has 1 aromatic heterocycles. The Morgan fingerprint density at radius 1 is 1.18 bits per heavy atom. The molecule has 0 spiro atoms. The third-order valence-electron chi connectivity index (χ3n) is 4.50. The smallest absolute Gasteiger partial charge is 0.341 e. The van der Waals surface area contributed by atoms with Crippen molar-refractivity contribution in [2.75, 3.05) is 11.9 Å². The molecule has 0 unspecified atom stereocenters. The Balaban J connectivity index is 1.96. The second kappa shape index (κ2) is 8.84. The Kier molecular flexibility index (Phi) is 6.26. The summed E-state index contributed by atoms with van der Waals surface area (Å²) in [4.78, 5) is 38.0. The molecule has 6 nitrogen and oxygen atoms in total. The van der Waals surface area contributed by atoms with Gasteiger partial charge in [-0.15, -0.1) is 11.3 Å². The highest BCUT2D eigenvalue weighted by Gasteiger charge is 2.27. The molecule has 2 aromatic rings. The van der Waals surface area contributed by atoms with Gasteiger partial charge in [0.15, 0.2) is 5.78 Å². The molecule has 3 N–H and O–H groups in total. The van der Waals surface area contributed by atoms with E-state index in [0.29, 0.717) is 16.1 Å². The van der Waals surface area contributed by atoms with Crippen molar-refractivity contribution in [2.24, 2.45) is 5.73 Å². The summed E-state index contributed by atoms with van der Waals surface area (Å²) in [6, 6.07) is 8.60. The minimum Gasteiger partial charge on any atom is -0.462 e. The van der Waals surface area contributed by atoms with Crippen molar-refractivity contribution < 1.29 is 19.1 Å². The van der Waals surface area contributed by atoms with Gasteiger partial charge in [0.2, 0.25) is 0 Å². The maximum absolute atomic E-state index is 12.5. The standard InChI is InChI=1S/C21H22N2O4S/c1-2-27-21(26)18-14-10-6-7-11-17(14)28-20(18)23-15(19(22)25)12-16(24)13-8-4-3-5-9-13/h3-5,8-9,12,23H,2,6-7,10-11H2,1H3,(H2,22,25)/b15-12-. The predicted octanol–water partition coefficient (Wildman–Crippen LogP) is 3.47. The number of carbonyl (C=O) groups is 3. The molecule has 0 aliphatic heterocycles. The number of hydrogen-bond donors (Lipinski definition) is 2. The number of primary amides is 1. The monoisotopic (exact) mass is 398 g/mol. The number of esters is 1. The average molecular weight is 398 g/mol. The molecule has 146 valence electrons. The molecule has 1 amide bonds. The molecule has 0 saturated carbocycles. The normalized spacial score (nSPS) is 13.5. The Morgan fingerprint density at radius 2 is 1.89 bits per heavy atom. The number of aryl methyl sites for hydroxylation is 1. The van der Waals surface area contributed by atoms with Gasteiger partial charge in [-0.2, -0.15) is 0 Å². The van der Waals surface area contributed by atoms with Crippen LogP contribution in [0.5, 0.6) is 0 Å². The second-order valence-electron chi connectivity index (χ2n) is 6.41. The van der Waals surface area contributed by atoms with Crippen molar-refractivity contribution in [3.8, 4) is 0 Å². The molecule has 7 heteroatoms. The first kappa shape index (κ1) is 19.8. The van der Waals surface area contributed by atoms with Crippen molar-refractivity contribution in [2.45, 2.75) is 32.6 Å². The van der Waals surface area contributed by atoms with E-state index >= 15 is 0 Å². The average Bonchev–Trinajstić information content (AvgIpc) is 3.06. The summed E-state index contributed by atoms with van der Waals surface area (Å²) in [7, 11) is 0. The minimum atomic E-state index is -0.773. The largest absolute Gasteiger partial charge is 0.462 e. The number of benzene rings is 1. The van der Waals surface area contributed by atoms with Gasteiger partial charge >= 0.3 is 5.97 Å². The molecule has 0 fully saturated rings. The van der Waals surface area contributed by atoms with Gasteiger partial charge in [-0.25, -0.2) is 4.79 Å². The van der Waals surface area contributed by atoms with E-state index in [9.17, 15) is 14.4 Å². The number of allylic oxidation sites excluding steroid dienone is 1. The minimum absolute atomic E-state index is 0.0574. The van der Waals surface area contributed by atoms with Gasteiger partial charge in [0, 0.05) is 16.5 Å². The number of rotatable bonds is 7. The first-order chi connectivity index (χ1) is 13.5. The highest BCUT2D eigenvalue weighted by Crippen LogP contribution is 2.39. The topological polar surface area (TPSA) is 98.5 Å². The number of ketones is 1. The van der Waals surface area contributed by atoms with E-state index in [1.165, 1.54) is 17.4 Å². The maximum atomic E-state index is 12.5. The maximum Gasteiger partial charge on any atom is 0.341 e. The van der Waals surface area contributed by atoms with Crippen LogP contribution in [0.15, 0.2) is 42.1 Å². The molecular formula is C21H22N2O4S. The molecule has 0 atom stereocenters. The lowest BCUT2D eigenvalue weighted by atomic mass is 9.95. The molecule has 0 saturated heterocycles. The fourth-order valence-corrected chi connectivity index (χ4v) is 4.47. The van der Waals surface area contributed by atoms with Crippen LogP contribution in [-0.4, -0.2) is 24.3 Å². The molecule has 1 aromatic carbocycles. The van der Waals surface area contributed by atoms with Gasteiger partial charge in [0.05, 0.1) is 12.2 Å². The lowest BCUT2D eigenvalue weighted by Crippen LogP contribution is -2.22. The molecule has 1 heterocycles.